The summed E-state index contributed by atoms with van der Waals surface area (Å²) in [4.78, 5) is 4.36. The van der Waals surface area contributed by atoms with Gasteiger partial charge in [-0.2, -0.15) is 0 Å². The zero-order valence-corrected chi connectivity index (χ0v) is 16.0. The minimum absolute atomic E-state index is 0. The fourth-order valence-electron chi connectivity index (χ4n) is 2.36. The fraction of sp³-hybridized carbons (Fsp3) is 0.400. The zero-order chi connectivity index (χ0) is 15.4. The molecule has 3 N–H and O–H groups in total. The van der Waals surface area contributed by atoms with E-state index in [9.17, 15) is 0 Å². The molecule has 2 heterocycles. The van der Waals surface area contributed by atoms with Gasteiger partial charge in [-0.25, -0.2) is 4.99 Å². The molecule has 1 aromatic heterocycles. The van der Waals surface area contributed by atoms with Crippen molar-refractivity contribution in [3.63, 3.8) is 0 Å². The van der Waals surface area contributed by atoms with Crippen LogP contribution in [0, 0.1) is 0 Å². The number of ether oxygens (including phenoxy) is 1. The zero-order valence-electron chi connectivity index (χ0n) is 12.9. The van der Waals surface area contributed by atoms with Crippen molar-refractivity contribution in [2.75, 3.05) is 6.61 Å². The summed E-state index contributed by atoms with van der Waals surface area (Å²) >= 11 is 1.58. The third-order valence-electron chi connectivity index (χ3n) is 3.48. The molecule has 0 fully saturated rings. The second-order valence-corrected chi connectivity index (χ2v) is 6.16. The predicted molar refractivity (Wildman–Crippen MR) is 102 cm³/mol. The monoisotopic (exact) mass is 445 g/mol. The van der Waals surface area contributed by atoms with E-state index in [0.29, 0.717) is 19.1 Å². The van der Waals surface area contributed by atoms with Crippen LogP contribution in [0.25, 0.3) is 0 Å². The van der Waals surface area contributed by atoms with Crippen LogP contribution in [-0.4, -0.2) is 22.8 Å². The largest absolute Gasteiger partial charge is 0.493 e. The number of nitrogens with zero attached hydrogens (tertiary/aromatic N) is 3. The summed E-state index contributed by atoms with van der Waals surface area (Å²) in [5.74, 6) is 1.34. The molecular weight excluding hydrogens is 425 g/mol. The molecule has 1 aliphatic rings. The van der Waals surface area contributed by atoms with Crippen LogP contribution in [0.5, 0.6) is 5.75 Å². The van der Waals surface area contributed by atoms with Gasteiger partial charge in [0.15, 0.2) is 5.96 Å². The number of benzene rings is 1. The maximum absolute atomic E-state index is 6.00. The van der Waals surface area contributed by atoms with Gasteiger partial charge in [-0.05, 0) is 12.5 Å². The normalized spacial score (nSPS) is 16.9. The van der Waals surface area contributed by atoms with Gasteiger partial charge in [0.2, 0.25) is 0 Å². The summed E-state index contributed by atoms with van der Waals surface area (Å²) in [6.07, 6.45) is 1.76. The lowest BCUT2D eigenvalue weighted by Crippen LogP contribution is -2.37. The summed E-state index contributed by atoms with van der Waals surface area (Å²) in [5.41, 5.74) is 7.12. The quantitative estimate of drug-likeness (QED) is 0.430. The van der Waals surface area contributed by atoms with Crippen molar-refractivity contribution >= 4 is 41.3 Å². The first-order valence-corrected chi connectivity index (χ1v) is 8.17. The number of guanidine groups is 1. The molecule has 23 heavy (non-hydrogen) atoms. The molecular formula is C15H20IN5OS. The first-order valence-electron chi connectivity index (χ1n) is 7.35. The minimum Gasteiger partial charge on any atom is -0.493 e. The van der Waals surface area contributed by atoms with Crippen molar-refractivity contribution < 1.29 is 4.74 Å². The van der Waals surface area contributed by atoms with Crippen molar-refractivity contribution in [1.29, 1.82) is 0 Å². The lowest BCUT2D eigenvalue weighted by atomic mass is 10.0. The van der Waals surface area contributed by atoms with Gasteiger partial charge in [0, 0.05) is 12.0 Å². The van der Waals surface area contributed by atoms with Gasteiger partial charge >= 0.3 is 0 Å². The van der Waals surface area contributed by atoms with E-state index in [-0.39, 0.29) is 30.0 Å². The van der Waals surface area contributed by atoms with E-state index in [4.69, 9.17) is 10.5 Å². The summed E-state index contributed by atoms with van der Waals surface area (Å²) in [7, 11) is 0. The molecule has 0 amide bonds. The minimum atomic E-state index is 0. The van der Waals surface area contributed by atoms with E-state index >= 15 is 0 Å². The maximum atomic E-state index is 6.00. The third-order valence-corrected chi connectivity index (χ3v) is 4.53. The Hall–Kier alpha value is -1.42. The molecule has 0 aliphatic carbocycles. The molecule has 1 unspecified atom stereocenters. The Morgan fingerprint density at radius 2 is 2.17 bits per heavy atom. The molecule has 124 valence electrons. The first-order chi connectivity index (χ1) is 10.8. The van der Waals surface area contributed by atoms with Crippen molar-refractivity contribution in [2.45, 2.75) is 32.4 Å². The lowest BCUT2D eigenvalue weighted by Gasteiger charge is -2.26. The number of para-hydroxylation sites is 1. The van der Waals surface area contributed by atoms with E-state index in [1.165, 1.54) is 0 Å². The maximum Gasteiger partial charge on any atom is 0.189 e. The average molecular weight is 445 g/mol. The molecule has 0 saturated carbocycles. The number of hydrogen-bond donors (Lipinski definition) is 2. The topological polar surface area (TPSA) is 85.4 Å². The van der Waals surface area contributed by atoms with Crippen LogP contribution in [0.3, 0.4) is 0 Å². The smallest absolute Gasteiger partial charge is 0.189 e. The molecule has 0 bridgehead atoms. The van der Waals surface area contributed by atoms with E-state index in [2.05, 4.69) is 33.5 Å². The van der Waals surface area contributed by atoms with Gasteiger partial charge in [-0.3, -0.25) is 0 Å². The van der Waals surface area contributed by atoms with Crippen LogP contribution in [0.4, 0.5) is 0 Å². The molecule has 1 aliphatic heterocycles. The van der Waals surface area contributed by atoms with Gasteiger partial charge < -0.3 is 15.8 Å². The number of rotatable bonds is 4. The van der Waals surface area contributed by atoms with E-state index in [0.717, 1.165) is 34.2 Å². The summed E-state index contributed by atoms with van der Waals surface area (Å²) in [5, 5.41) is 13.4. The number of fused-ring (bicyclic) bond motifs is 1. The van der Waals surface area contributed by atoms with Gasteiger partial charge in [0.25, 0.3) is 0 Å². The van der Waals surface area contributed by atoms with Crippen LogP contribution in [0.15, 0.2) is 29.3 Å². The summed E-state index contributed by atoms with van der Waals surface area (Å²) < 4.78 is 5.64. The van der Waals surface area contributed by atoms with E-state index in [1.807, 2.05) is 18.2 Å². The SMILES string of the molecule is CCc1nnc(CN=C(N)NC2CCOc3ccccc32)s1.I. The number of hydrogen-bond acceptors (Lipinski definition) is 5. The Morgan fingerprint density at radius 3 is 2.96 bits per heavy atom. The van der Waals surface area contributed by atoms with Crippen molar-refractivity contribution in [2.24, 2.45) is 10.7 Å². The second kappa shape index (κ2) is 8.44. The third kappa shape index (κ3) is 4.54. The van der Waals surface area contributed by atoms with Crippen molar-refractivity contribution in [1.82, 2.24) is 15.5 Å². The number of aliphatic imine (C=N–C) groups is 1. The highest BCUT2D eigenvalue weighted by molar-refractivity contribution is 14.0. The van der Waals surface area contributed by atoms with Crippen molar-refractivity contribution in [3.05, 3.63) is 39.8 Å². The van der Waals surface area contributed by atoms with Gasteiger partial charge in [-0.1, -0.05) is 36.5 Å². The predicted octanol–water partition coefficient (Wildman–Crippen LogP) is 2.65. The van der Waals surface area contributed by atoms with Crippen LogP contribution in [0.1, 0.15) is 35.0 Å². The summed E-state index contributed by atoms with van der Waals surface area (Å²) in [6, 6.07) is 8.14. The van der Waals surface area contributed by atoms with Crippen LogP contribution in [-0.2, 0) is 13.0 Å². The molecule has 3 rings (SSSR count). The highest BCUT2D eigenvalue weighted by Gasteiger charge is 2.21. The molecule has 1 atom stereocenters. The fourth-order valence-corrected chi connectivity index (χ4v) is 3.07. The van der Waals surface area contributed by atoms with Gasteiger partial charge in [-0.15, -0.1) is 34.2 Å². The molecule has 0 saturated heterocycles. The lowest BCUT2D eigenvalue weighted by molar-refractivity contribution is 0.262. The highest BCUT2D eigenvalue weighted by Crippen LogP contribution is 2.31. The van der Waals surface area contributed by atoms with Crippen molar-refractivity contribution in [3.8, 4) is 5.75 Å². The number of aromatic nitrogens is 2. The van der Waals surface area contributed by atoms with Gasteiger partial charge in [0.05, 0.1) is 19.2 Å². The standard InChI is InChI=1S/C15H19N5OS.HI/c1-2-13-19-20-14(22-13)9-17-15(16)18-11-7-8-21-12-6-4-3-5-10(11)12;/h3-6,11H,2,7-9H2,1H3,(H3,16,17,18);1H. The Labute approximate surface area is 156 Å². The summed E-state index contributed by atoms with van der Waals surface area (Å²) in [6.45, 7) is 3.20. The molecule has 1 aromatic carbocycles. The number of aryl methyl sites for hydroxylation is 1. The van der Waals surface area contributed by atoms with Crippen LogP contribution < -0.4 is 15.8 Å². The second-order valence-electron chi connectivity index (χ2n) is 5.02. The molecule has 2 aromatic rings. The van der Waals surface area contributed by atoms with Gasteiger partial charge in [0.1, 0.15) is 15.8 Å². The molecule has 0 radical (unpaired) electrons. The Balaban J connectivity index is 0.00000192. The Morgan fingerprint density at radius 1 is 1.39 bits per heavy atom. The number of halogens is 1. The molecule has 0 spiro atoms. The van der Waals surface area contributed by atoms with Crippen LogP contribution in [0.2, 0.25) is 0 Å². The van der Waals surface area contributed by atoms with E-state index < -0.39 is 0 Å². The molecule has 8 heteroatoms. The van der Waals surface area contributed by atoms with Crippen LogP contribution >= 0.6 is 35.3 Å². The van der Waals surface area contributed by atoms with E-state index in [1.54, 1.807) is 11.3 Å². The average Bonchev–Trinajstić information content (AvgIpc) is 3.01. The number of nitrogens with one attached hydrogen (secondary N) is 1. The Bertz CT molecular complexity index is 675. The number of nitrogens with two attached hydrogens (primary N) is 1. The highest BCUT2D eigenvalue weighted by atomic mass is 127. The first kappa shape index (κ1) is 17.9. The Kier molecular flexibility index (Phi) is 6.58. The molecule has 6 nitrogen and oxygen atoms in total.